The summed E-state index contributed by atoms with van der Waals surface area (Å²) in [5.74, 6) is 0. The van der Waals surface area contributed by atoms with Crippen LogP contribution in [0, 0.1) is 0 Å². The second kappa shape index (κ2) is 14.3. The van der Waals surface area contributed by atoms with Gasteiger partial charge < -0.3 is 0 Å². The quantitative estimate of drug-likeness (QED) is 0.175. The van der Waals surface area contributed by atoms with Gasteiger partial charge in [0.2, 0.25) is 0 Å². The van der Waals surface area contributed by atoms with Gasteiger partial charge in [-0.15, -0.1) is 13.2 Å². The Balaban J connectivity index is 0.000000156. The zero-order valence-corrected chi connectivity index (χ0v) is 21.5. The standard InChI is InChI=1S/2C14H10.2C4H8/c2*1-3-7-13-11(5-1)9-10-12-6-2-4-8-14(12)13;2*1-3-4-2/h2*1-10H;2*3H,1,4H2,2H3. The summed E-state index contributed by atoms with van der Waals surface area (Å²) >= 11 is 0. The monoisotopic (exact) mass is 468 g/mol. The van der Waals surface area contributed by atoms with Crippen LogP contribution in [0.15, 0.2) is 147 Å². The molecular formula is C36H36. The molecule has 0 saturated heterocycles. The predicted octanol–water partition coefficient (Wildman–Crippen LogP) is 11.2. The Hall–Kier alpha value is -4.16. The van der Waals surface area contributed by atoms with Gasteiger partial charge in [0, 0.05) is 0 Å². The molecule has 0 aromatic heterocycles. The maximum atomic E-state index is 3.48. The Morgan fingerprint density at radius 1 is 0.389 bits per heavy atom. The summed E-state index contributed by atoms with van der Waals surface area (Å²) in [4.78, 5) is 0. The van der Waals surface area contributed by atoms with E-state index in [1.807, 2.05) is 12.2 Å². The molecule has 0 radical (unpaired) electrons. The van der Waals surface area contributed by atoms with Gasteiger partial charge in [-0.25, -0.2) is 0 Å². The van der Waals surface area contributed by atoms with Crippen molar-refractivity contribution in [3.05, 3.63) is 147 Å². The van der Waals surface area contributed by atoms with Crippen molar-refractivity contribution in [2.75, 3.05) is 0 Å². The summed E-state index contributed by atoms with van der Waals surface area (Å²) in [5.41, 5.74) is 0. The van der Waals surface area contributed by atoms with Crippen molar-refractivity contribution >= 4 is 43.1 Å². The minimum absolute atomic E-state index is 1.08. The molecular weight excluding hydrogens is 432 g/mol. The Bertz CT molecular complexity index is 1310. The van der Waals surface area contributed by atoms with Gasteiger partial charge in [0.25, 0.3) is 0 Å². The lowest BCUT2D eigenvalue weighted by Crippen LogP contribution is -1.75. The average Bonchev–Trinajstić information content (AvgIpc) is 2.97. The second-order valence-corrected chi connectivity index (χ2v) is 8.41. The average molecular weight is 469 g/mol. The molecule has 0 amide bonds. The zero-order chi connectivity index (χ0) is 25.6. The zero-order valence-electron chi connectivity index (χ0n) is 21.5. The lowest BCUT2D eigenvalue weighted by atomic mass is 10.0. The normalized spacial score (nSPS) is 9.83. The van der Waals surface area contributed by atoms with E-state index in [1.165, 1.54) is 43.1 Å². The first-order valence-electron chi connectivity index (χ1n) is 12.7. The topological polar surface area (TPSA) is 0 Å². The summed E-state index contributed by atoms with van der Waals surface area (Å²) < 4.78 is 0. The molecule has 6 rings (SSSR count). The molecule has 0 aliphatic carbocycles. The molecule has 0 N–H and O–H groups in total. The van der Waals surface area contributed by atoms with E-state index in [9.17, 15) is 0 Å². The van der Waals surface area contributed by atoms with Crippen molar-refractivity contribution in [3.8, 4) is 0 Å². The Morgan fingerprint density at radius 3 is 0.778 bits per heavy atom. The number of hydrogen-bond donors (Lipinski definition) is 0. The van der Waals surface area contributed by atoms with Gasteiger partial charge in [0.1, 0.15) is 0 Å². The van der Waals surface area contributed by atoms with Crippen LogP contribution in [0.2, 0.25) is 0 Å². The Labute approximate surface area is 216 Å². The van der Waals surface area contributed by atoms with Crippen LogP contribution in [0.4, 0.5) is 0 Å². The third-order valence-electron chi connectivity index (χ3n) is 5.89. The largest absolute Gasteiger partial charge is 0.103 e. The van der Waals surface area contributed by atoms with Crippen molar-refractivity contribution in [2.24, 2.45) is 0 Å². The second-order valence-electron chi connectivity index (χ2n) is 8.41. The lowest BCUT2D eigenvalue weighted by molar-refractivity contribution is 1.23. The van der Waals surface area contributed by atoms with Crippen LogP contribution in [-0.2, 0) is 0 Å². The maximum absolute atomic E-state index is 3.48. The van der Waals surface area contributed by atoms with Crippen LogP contribution in [0.5, 0.6) is 0 Å². The van der Waals surface area contributed by atoms with E-state index in [4.69, 9.17) is 0 Å². The highest BCUT2D eigenvalue weighted by Crippen LogP contribution is 2.25. The minimum atomic E-state index is 1.08. The molecule has 6 aromatic rings. The van der Waals surface area contributed by atoms with Crippen LogP contribution in [0.25, 0.3) is 43.1 Å². The van der Waals surface area contributed by atoms with Crippen molar-refractivity contribution in [1.29, 1.82) is 0 Å². The summed E-state index contributed by atoms with van der Waals surface area (Å²) in [6.45, 7) is 11.1. The number of benzene rings is 6. The molecule has 0 aliphatic heterocycles. The third-order valence-corrected chi connectivity index (χ3v) is 5.89. The van der Waals surface area contributed by atoms with Crippen LogP contribution in [0.3, 0.4) is 0 Å². The molecule has 0 heterocycles. The Morgan fingerprint density at radius 2 is 0.583 bits per heavy atom. The van der Waals surface area contributed by atoms with Crippen molar-refractivity contribution < 1.29 is 0 Å². The van der Waals surface area contributed by atoms with Crippen LogP contribution in [0.1, 0.15) is 26.7 Å². The Kier molecular flexibility index (Phi) is 10.5. The molecule has 0 saturated carbocycles. The fraction of sp³-hybridized carbons (Fsp3) is 0.111. The molecule has 0 bridgehead atoms. The van der Waals surface area contributed by atoms with E-state index in [0.717, 1.165) is 12.8 Å². The first-order chi connectivity index (χ1) is 17.7. The van der Waals surface area contributed by atoms with Gasteiger partial charge in [-0.05, 0) is 55.9 Å². The van der Waals surface area contributed by atoms with Crippen LogP contribution in [-0.4, -0.2) is 0 Å². The highest BCUT2D eigenvalue weighted by atomic mass is 14.0. The molecule has 6 aromatic carbocycles. The number of fused-ring (bicyclic) bond motifs is 6. The molecule has 0 spiro atoms. The molecule has 0 unspecified atom stereocenters. The van der Waals surface area contributed by atoms with Gasteiger partial charge >= 0.3 is 0 Å². The fourth-order valence-corrected chi connectivity index (χ4v) is 3.91. The number of hydrogen-bond acceptors (Lipinski definition) is 0. The molecule has 0 fully saturated rings. The van der Waals surface area contributed by atoms with E-state index in [-0.39, 0.29) is 0 Å². The SMILES string of the molecule is C=CCC.C=CCC.c1ccc2c(c1)ccc1ccccc12.c1ccc2c(c1)ccc1ccccc12. The molecule has 0 nitrogen and oxygen atoms in total. The summed E-state index contributed by atoms with van der Waals surface area (Å²) in [6.07, 6.45) is 5.92. The van der Waals surface area contributed by atoms with E-state index >= 15 is 0 Å². The van der Waals surface area contributed by atoms with E-state index in [2.05, 4.69) is 148 Å². The molecule has 36 heavy (non-hydrogen) atoms. The van der Waals surface area contributed by atoms with Gasteiger partial charge in [0.05, 0.1) is 0 Å². The minimum Gasteiger partial charge on any atom is -0.103 e. The van der Waals surface area contributed by atoms with Gasteiger partial charge in [-0.3, -0.25) is 0 Å². The maximum Gasteiger partial charge on any atom is -0.0105 e. The molecule has 180 valence electrons. The van der Waals surface area contributed by atoms with E-state index in [1.54, 1.807) is 0 Å². The number of rotatable bonds is 2. The molecule has 0 atom stereocenters. The van der Waals surface area contributed by atoms with Gasteiger partial charge in [-0.1, -0.05) is 147 Å². The molecule has 0 heteroatoms. The van der Waals surface area contributed by atoms with E-state index in [0.29, 0.717) is 0 Å². The predicted molar refractivity (Wildman–Crippen MR) is 164 cm³/mol. The van der Waals surface area contributed by atoms with Gasteiger partial charge in [0.15, 0.2) is 0 Å². The highest BCUT2D eigenvalue weighted by molar-refractivity contribution is 6.08. The first kappa shape index (κ1) is 26.4. The van der Waals surface area contributed by atoms with Crippen molar-refractivity contribution in [3.63, 3.8) is 0 Å². The van der Waals surface area contributed by atoms with Crippen LogP contribution < -0.4 is 0 Å². The molecule has 0 aliphatic rings. The highest BCUT2D eigenvalue weighted by Gasteiger charge is 1.98. The third kappa shape index (κ3) is 6.93. The first-order valence-corrected chi connectivity index (χ1v) is 12.7. The fourth-order valence-electron chi connectivity index (χ4n) is 3.91. The smallest absolute Gasteiger partial charge is 0.0105 e. The van der Waals surface area contributed by atoms with Crippen LogP contribution >= 0.6 is 0 Å². The summed E-state index contributed by atoms with van der Waals surface area (Å²) in [7, 11) is 0. The van der Waals surface area contributed by atoms with Crippen molar-refractivity contribution in [2.45, 2.75) is 26.7 Å². The van der Waals surface area contributed by atoms with E-state index < -0.39 is 0 Å². The number of allylic oxidation sites excluding steroid dienone is 2. The lowest BCUT2D eigenvalue weighted by Gasteiger charge is -2.02. The van der Waals surface area contributed by atoms with Gasteiger partial charge in [-0.2, -0.15) is 0 Å². The van der Waals surface area contributed by atoms with Crippen molar-refractivity contribution in [1.82, 2.24) is 0 Å². The summed E-state index contributed by atoms with van der Waals surface area (Å²) in [6, 6.07) is 42.7. The summed E-state index contributed by atoms with van der Waals surface area (Å²) in [5, 5.41) is 10.6.